The summed E-state index contributed by atoms with van der Waals surface area (Å²) >= 11 is 0. The number of rotatable bonds is 6. The van der Waals surface area contributed by atoms with Gasteiger partial charge in [-0.05, 0) is 31.9 Å². The Balaban J connectivity index is 2.32. The average molecular weight is 294 g/mol. The topological polar surface area (TPSA) is 76.0 Å². The van der Waals surface area contributed by atoms with Gasteiger partial charge in [-0.25, -0.2) is 0 Å². The maximum Gasteiger partial charge on any atom is 0.303 e. The molecule has 1 aromatic carbocycles. The summed E-state index contributed by atoms with van der Waals surface area (Å²) < 4.78 is 11.3. The number of hydrogen-bond donors (Lipinski definition) is 2. The van der Waals surface area contributed by atoms with Gasteiger partial charge in [0.25, 0.3) is 0 Å². The smallest absolute Gasteiger partial charge is 0.303 e. The number of fused-ring (bicyclic) bond motifs is 1. The zero-order chi connectivity index (χ0) is 15.6. The van der Waals surface area contributed by atoms with E-state index < -0.39 is 18.0 Å². The van der Waals surface area contributed by atoms with Crippen LogP contribution in [0.15, 0.2) is 12.1 Å². The minimum atomic E-state index is -0.925. The van der Waals surface area contributed by atoms with E-state index in [-0.39, 0.29) is 12.5 Å². The van der Waals surface area contributed by atoms with E-state index in [9.17, 15) is 9.90 Å². The lowest BCUT2D eigenvalue weighted by Gasteiger charge is -2.21. The van der Waals surface area contributed by atoms with Gasteiger partial charge < -0.3 is 19.7 Å². The summed E-state index contributed by atoms with van der Waals surface area (Å²) in [6.07, 6.45) is -0.0665. The number of carboxylic acid groups (broad SMARTS) is 1. The fourth-order valence-electron chi connectivity index (χ4n) is 2.66. The predicted molar refractivity (Wildman–Crippen MR) is 77.8 cm³/mol. The summed E-state index contributed by atoms with van der Waals surface area (Å²) in [7, 11) is 0. The Kier molecular flexibility index (Phi) is 4.73. The molecule has 1 aliphatic heterocycles. The number of carbonyl (C=O) groups is 1. The standard InChI is InChI=1S/C16H22O5/c1-4-20-14-7-11-6-10(3)21-13(11)8-12(14)16(19)9(2)5-15(17)18/h7-10,16,19H,4-6H2,1-3H3,(H,17,18). The normalized spacial score (nSPS) is 19.5. The van der Waals surface area contributed by atoms with Gasteiger partial charge >= 0.3 is 5.97 Å². The molecule has 1 heterocycles. The van der Waals surface area contributed by atoms with E-state index >= 15 is 0 Å². The number of ether oxygens (including phenoxy) is 2. The Hall–Kier alpha value is -1.75. The highest BCUT2D eigenvalue weighted by Gasteiger charge is 2.27. The number of hydrogen-bond acceptors (Lipinski definition) is 4. The van der Waals surface area contributed by atoms with Gasteiger partial charge in [-0.15, -0.1) is 0 Å². The quantitative estimate of drug-likeness (QED) is 0.843. The Morgan fingerprint density at radius 1 is 1.52 bits per heavy atom. The maximum atomic E-state index is 10.8. The summed E-state index contributed by atoms with van der Waals surface area (Å²) in [6, 6.07) is 3.68. The van der Waals surface area contributed by atoms with Crippen LogP contribution in [0.1, 0.15) is 44.4 Å². The van der Waals surface area contributed by atoms with Crippen LogP contribution in [0.25, 0.3) is 0 Å². The number of carboxylic acids is 1. The minimum absolute atomic E-state index is 0.0962. The molecule has 1 aromatic rings. The van der Waals surface area contributed by atoms with Crippen molar-refractivity contribution in [3.8, 4) is 11.5 Å². The highest BCUT2D eigenvalue weighted by molar-refractivity contribution is 5.67. The van der Waals surface area contributed by atoms with Crippen LogP contribution in [0.2, 0.25) is 0 Å². The molecular formula is C16H22O5. The Morgan fingerprint density at radius 3 is 2.86 bits per heavy atom. The monoisotopic (exact) mass is 294 g/mol. The van der Waals surface area contributed by atoms with Crippen LogP contribution in [0.3, 0.4) is 0 Å². The Morgan fingerprint density at radius 2 is 2.24 bits per heavy atom. The molecule has 3 atom stereocenters. The molecule has 2 N–H and O–H groups in total. The van der Waals surface area contributed by atoms with Gasteiger partial charge in [-0.3, -0.25) is 4.79 Å². The zero-order valence-electron chi connectivity index (χ0n) is 12.6. The van der Waals surface area contributed by atoms with Crippen LogP contribution < -0.4 is 9.47 Å². The summed E-state index contributed by atoms with van der Waals surface area (Å²) in [5, 5.41) is 19.3. The van der Waals surface area contributed by atoms with Gasteiger partial charge in [0.15, 0.2) is 0 Å². The highest BCUT2D eigenvalue weighted by Crippen LogP contribution is 2.40. The SMILES string of the molecule is CCOc1cc2c(cc1C(O)C(C)CC(=O)O)OC(C)C2. The van der Waals surface area contributed by atoms with Gasteiger partial charge in [0.1, 0.15) is 17.6 Å². The molecule has 1 aliphatic rings. The Labute approximate surface area is 124 Å². The van der Waals surface area contributed by atoms with E-state index in [0.29, 0.717) is 17.9 Å². The first-order valence-electron chi connectivity index (χ1n) is 7.28. The van der Waals surface area contributed by atoms with Crippen molar-refractivity contribution in [1.82, 2.24) is 0 Å². The van der Waals surface area contributed by atoms with Crippen molar-refractivity contribution in [1.29, 1.82) is 0 Å². The van der Waals surface area contributed by atoms with E-state index in [0.717, 1.165) is 17.7 Å². The summed E-state index contributed by atoms with van der Waals surface area (Å²) in [5.41, 5.74) is 1.66. The van der Waals surface area contributed by atoms with Crippen LogP contribution in [0.4, 0.5) is 0 Å². The van der Waals surface area contributed by atoms with E-state index in [1.807, 2.05) is 19.9 Å². The second kappa shape index (κ2) is 6.35. The third kappa shape index (κ3) is 3.47. The van der Waals surface area contributed by atoms with E-state index in [2.05, 4.69) is 0 Å². The fraction of sp³-hybridized carbons (Fsp3) is 0.562. The first kappa shape index (κ1) is 15.6. The van der Waals surface area contributed by atoms with Crippen molar-refractivity contribution >= 4 is 5.97 Å². The van der Waals surface area contributed by atoms with Crippen molar-refractivity contribution in [2.24, 2.45) is 5.92 Å². The van der Waals surface area contributed by atoms with Crippen LogP contribution in [-0.2, 0) is 11.2 Å². The first-order valence-corrected chi connectivity index (χ1v) is 7.28. The molecule has 0 aromatic heterocycles. The summed E-state index contributed by atoms with van der Waals surface area (Å²) in [4.78, 5) is 10.8. The largest absolute Gasteiger partial charge is 0.493 e. The van der Waals surface area contributed by atoms with Crippen molar-refractivity contribution in [2.45, 2.75) is 45.8 Å². The van der Waals surface area contributed by atoms with E-state index in [4.69, 9.17) is 14.6 Å². The Bertz CT molecular complexity index is 526. The average Bonchev–Trinajstić information content (AvgIpc) is 2.75. The number of aliphatic carboxylic acids is 1. The van der Waals surface area contributed by atoms with Crippen LogP contribution in [-0.4, -0.2) is 28.9 Å². The molecule has 0 bridgehead atoms. The zero-order valence-corrected chi connectivity index (χ0v) is 12.6. The molecule has 0 radical (unpaired) electrons. The second-order valence-corrected chi connectivity index (χ2v) is 5.58. The van der Waals surface area contributed by atoms with Gasteiger partial charge in [-0.1, -0.05) is 6.92 Å². The molecule has 0 aliphatic carbocycles. The molecule has 0 spiro atoms. The molecule has 5 nitrogen and oxygen atoms in total. The molecule has 116 valence electrons. The second-order valence-electron chi connectivity index (χ2n) is 5.58. The van der Waals surface area contributed by atoms with Crippen LogP contribution in [0.5, 0.6) is 11.5 Å². The first-order chi connectivity index (χ1) is 9.92. The van der Waals surface area contributed by atoms with E-state index in [1.165, 1.54) is 0 Å². The molecule has 0 saturated carbocycles. The van der Waals surface area contributed by atoms with Gasteiger partial charge in [0, 0.05) is 17.5 Å². The highest BCUT2D eigenvalue weighted by atomic mass is 16.5. The predicted octanol–water partition coefficient (Wildman–Crippen LogP) is 2.55. The molecule has 5 heteroatoms. The summed E-state index contributed by atoms with van der Waals surface area (Å²) in [5.74, 6) is 0.0327. The van der Waals surface area contributed by atoms with Crippen LogP contribution in [0, 0.1) is 5.92 Å². The molecular weight excluding hydrogens is 272 g/mol. The molecule has 21 heavy (non-hydrogen) atoms. The number of aliphatic hydroxyl groups is 1. The molecule has 0 fully saturated rings. The van der Waals surface area contributed by atoms with Crippen molar-refractivity contribution in [2.75, 3.05) is 6.61 Å². The van der Waals surface area contributed by atoms with Gasteiger partial charge in [0.2, 0.25) is 0 Å². The minimum Gasteiger partial charge on any atom is -0.493 e. The number of aliphatic hydroxyl groups excluding tert-OH is 1. The third-order valence-corrected chi connectivity index (χ3v) is 3.68. The molecule has 3 unspecified atom stereocenters. The molecule has 0 amide bonds. The van der Waals surface area contributed by atoms with E-state index in [1.54, 1.807) is 13.0 Å². The van der Waals surface area contributed by atoms with Crippen molar-refractivity contribution in [3.63, 3.8) is 0 Å². The van der Waals surface area contributed by atoms with Gasteiger partial charge in [-0.2, -0.15) is 0 Å². The van der Waals surface area contributed by atoms with Crippen LogP contribution >= 0.6 is 0 Å². The van der Waals surface area contributed by atoms with Crippen molar-refractivity contribution < 1.29 is 24.5 Å². The lowest BCUT2D eigenvalue weighted by atomic mass is 9.92. The lowest BCUT2D eigenvalue weighted by Crippen LogP contribution is -2.15. The lowest BCUT2D eigenvalue weighted by molar-refractivity contribution is -0.139. The van der Waals surface area contributed by atoms with Crippen molar-refractivity contribution in [3.05, 3.63) is 23.3 Å². The number of benzene rings is 1. The molecule has 2 rings (SSSR count). The third-order valence-electron chi connectivity index (χ3n) is 3.68. The fourth-order valence-corrected chi connectivity index (χ4v) is 2.66. The molecule has 0 saturated heterocycles. The maximum absolute atomic E-state index is 10.8. The summed E-state index contributed by atoms with van der Waals surface area (Å²) in [6.45, 7) is 6.07. The van der Waals surface area contributed by atoms with Gasteiger partial charge in [0.05, 0.1) is 19.1 Å².